The minimum atomic E-state index is -1.36. The molecule has 0 spiro atoms. The van der Waals surface area contributed by atoms with E-state index in [1.165, 1.54) is 13.8 Å². The van der Waals surface area contributed by atoms with Crippen molar-refractivity contribution in [3.8, 4) is 5.75 Å². The number of nitrogens with zero attached hydrogens (tertiary/aromatic N) is 1. The molecular formula is C17H24FNO2. The molecule has 0 saturated heterocycles. The summed E-state index contributed by atoms with van der Waals surface area (Å²) in [5.41, 5.74) is 0.311. The SMILES string of the molecule is CCCCOc1ccc2c(c1)CCN(CC(C)(C)F)C2=O. The summed E-state index contributed by atoms with van der Waals surface area (Å²) in [7, 11) is 0. The van der Waals surface area contributed by atoms with Crippen molar-refractivity contribution in [1.82, 2.24) is 4.90 Å². The van der Waals surface area contributed by atoms with Crippen molar-refractivity contribution in [3.05, 3.63) is 29.3 Å². The first-order valence-corrected chi connectivity index (χ1v) is 7.64. The smallest absolute Gasteiger partial charge is 0.254 e. The van der Waals surface area contributed by atoms with E-state index in [4.69, 9.17) is 4.74 Å². The molecule has 0 aromatic heterocycles. The Balaban J connectivity index is 2.08. The topological polar surface area (TPSA) is 29.5 Å². The molecule has 0 fully saturated rings. The number of carbonyl (C=O) groups is 1. The Bertz CT molecular complexity index is 508. The van der Waals surface area contributed by atoms with Crippen LogP contribution in [0.2, 0.25) is 0 Å². The van der Waals surface area contributed by atoms with Crippen LogP contribution in [-0.2, 0) is 6.42 Å². The zero-order valence-electron chi connectivity index (χ0n) is 13.1. The number of ether oxygens (including phenoxy) is 1. The van der Waals surface area contributed by atoms with Crippen LogP contribution in [0.1, 0.15) is 49.5 Å². The summed E-state index contributed by atoms with van der Waals surface area (Å²) >= 11 is 0. The minimum Gasteiger partial charge on any atom is -0.494 e. The van der Waals surface area contributed by atoms with Crippen LogP contribution in [0, 0.1) is 0 Å². The van der Waals surface area contributed by atoms with E-state index in [0.717, 1.165) is 30.6 Å². The van der Waals surface area contributed by atoms with Crippen molar-refractivity contribution in [1.29, 1.82) is 0 Å². The van der Waals surface area contributed by atoms with Gasteiger partial charge in [-0.05, 0) is 50.5 Å². The lowest BCUT2D eigenvalue weighted by Gasteiger charge is -2.32. The van der Waals surface area contributed by atoms with Gasteiger partial charge in [-0.2, -0.15) is 0 Å². The Morgan fingerprint density at radius 1 is 1.38 bits per heavy atom. The standard InChI is InChI=1S/C17H24FNO2/c1-4-5-10-21-14-6-7-15-13(11-14)8-9-19(16(15)20)12-17(2,3)18/h6-7,11H,4-5,8-10,12H2,1-3H3. The largest absolute Gasteiger partial charge is 0.494 e. The summed E-state index contributed by atoms with van der Waals surface area (Å²) < 4.78 is 19.4. The molecule has 4 heteroatoms. The van der Waals surface area contributed by atoms with Gasteiger partial charge in [-0.3, -0.25) is 4.79 Å². The molecule has 2 rings (SSSR count). The highest BCUT2D eigenvalue weighted by atomic mass is 19.1. The van der Waals surface area contributed by atoms with E-state index < -0.39 is 5.67 Å². The van der Waals surface area contributed by atoms with Gasteiger partial charge in [-0.1, -0.05) is 13.3 Å². The van der Waals surface area contributed by atoms with Crippen LogP contribution in [0.15, 0.2) is 18.2 Å². The third-order valence-corrected chi connectivity index (χ3v) is 3.58. The van der Waals surface area contributed by atoms with Crippen molar-refractivity contribution in [2.75, 3.05) is 19.7 Å². The van der Waals surface area contributed by atoms with Gasteiger partial charge in [0.05, 0.1) is 13.2 Å². The fourth-order valence-corrected chi connectivity index (χ4v) is 2.54. The highest BCUT2D eigenvalue weighted by molar-refractivity contribution is 5.97. The summed E-state index contributed by atoms with van der Waals surface area (Å²) in [5, 5.41) is 0. The Kier molecular flexibility index (Phi) is 4.86. The van der Waals surface area contributed by atoms with Gasteiger partial charge in [0.1, 0.15) is 11.4 Å². The molecule has 0 bridgehead atoms. The van der Waals surface area contributed by atoms with Crippen LogP contribution in [-0.4, -0.2) is 36.2 Å². The molecule has 21 heavy (non-hydrogen) atoms. The van der Waals surface area contributed by atoms with E-state index in [9.17, 15) is 9.18 Å². The molecule has 1 amide bonds. The maximum atomic E-state index is 13.7. The quantitative estimate of drug-likeness (QED) is 0.750. The molecule has 1 aromatic rings. The van der Waals surface area contributed by atoms with Crippen LogP contribution in [0.3, 0.4) is 0 Å². The Hall–Kier alpha value is -1.58. The molecule has 3 nitrogen and oxygen atoms in total. The number of hydrogen-bond acceptors (Lipinski definition) is 2. The number of benzene rings is 1. The van der Waals surface area contributed by atoms with Gasteiger partial charge in [0.2, 0.25) is 0 Å². The number of amides is 1. The van der Waals surface area contributed by atoms with Crippen molar-refractivity contribution < 1.29 is 13.9 Å². The molecular weight excluding hydrogens is 269 g/mol. The highest BCUT2D eigenvalue weighted by Crippen LogP contribution is 2.25. The fourth-order valence-electron chi connectivity index (χ4n) is 2.54. The van der Waals surface area contributed by atoms with Crippen LogP contribution >= 0.6 is 0 Å². The Labute approximate surface area is 126 Å². The minimum absolute atomic E-state index is 0.0814. The molecule has 0 atom stereocenters. The first kappa shape index (κ1) is 15.8. The lowest BCUT2D eigenvalue weighted by atomic mass is 9.97. The summed E-state index contributed by atoms with van der Waals surface area (Å²) in [5.74, 6) is 0.733. The predicted molar refractivity (Wildman–Crippen MR) is 81.6 cm³/mol. The molecule has 1 aliphatic rings. The van der Waals surface area contributed by atoms with E-state index in [2.05, 4.69) is 6.92 Å². The first-order valence-electron chi connectivity index (χ1n) is 7.64. The third kappa shape index (κ3) is 4.19. The number of unbranched alkanes of at least 4 members (excludes halogenated alkanes) is 1. The van der Waals surface area contributed by atoms with Gasteiger partial charge in [0, 0.05) is 12.1 Å². The Morgan fingerprint density at radius 2 is 2.14 bits per heavy atom. The van der Waals surface area contributed by atoms with Crippen molar-refractivity contribution >= 4 is 5.91 Å². The summed E-state index contributed by atoms with van der Waals surface area (Å²) in [4.78, 5) is 14.0. The molecule has 0 unspecified atom stereocenters. The maximum Gasteiger partial charge on any atom is 0.254 e. The average Bonchev–Trinajstić information content (AvgIpc) is 2.41. The zero-order valence-corrected chi connectivity index (χ0v) is 13.1. The Morgan fingerprint density at radius 3 is 2.81 bits per heavy atom. The first-order chi connectivity index (χ1) is 9.90. The lowest BCUT2D eigenvalue weighted by Crippen LogP contribution is -2.44. The number of carbonyl (C=O) groups excluding carboxylic acids is 1. The number of rotatable bonds is 6. The lowest BCUT2D eigenvalue weighted by molar-refractivity contribution is 0.0611. The van der Waals surface area contributed by atoms with Gasteiger partial charge < -0.3 is 9.64 Å². The third-order valence-electron chi connectivity index (χ3n) is 3.58. The van der Waals surface area contributed by atoms with E-state index in [1.54, 1.807) is 11.0 Å². The van der Waals surface area contributed by atoms with Crippen molar-refractivity contribution in [2.45, 2.75) is 45.7 Å². The molecule has 116 valence electrons. The molecule has 1 aliphatic heterocycles. The number of alkyl halides is 1. The van der Waals surface area contributed by atoms with Crippen LogP contribution < -0.4 is 4.74 Å². The summed E-state index contributed by atoms with van der Waals surface area (Å²) in [6, 6.07) is 5.58. The van der Waals surface area contributed by atoms with Gasteiger partial charge in [0.25, 0.3) is 5.91 Å². The van der Waals surface area contributed by atoms with Gasteiger partial charge in [-0.25, -0.2) is 4.39 Å². The second-order valence-corrected chi connectivity index (χ2v) is 6.22. The summed E-state index contributed by atoms with van der Waals surface area (Å²) in [6.07, 6.45) is 2.87. The molecule has 1 aromatic carbocycles. The molecule has 0 N–H and O–H groups in total. The van der Waals surface area contributed by atoms with Crippen LogP contribution in [0.25, 0.3) is 0 Å². The second-order valence-electron chi connectivity index (χ2n) is 6.22. The summed E-state index contributed by atoms with van der Waals surface area (Å²) in [6.45, 7) is 6.53. The monoisotopic (exact) mass is 293 g/mol. The van der Waals surface area contributed by atoms with E-state index in [0.29, 0.717) is 18.7 Å². The number of fused-ring (bicyclic) bond motifs is 1. The van der Waals surface area contributed by atoms with Gasteiger partial charge in [-0.15, -0.1) is 0 Å². The van der Waals surface area contributed by atoms with Crippen molar-refractivity contribution in [2.24, 2.45) is 0 Å². The predicted octanol–water partition coefficient (Wildman–Crippen LogP) is 3.61. The zero-order chi connectivity index (χ0) is 15.5. The van der Waals surface area contributed by atoms with Crippen molar-refractivity contribution in [3.63, 3.8) is 0 Å². The second kappa shape index (κ2) is 6.46. The highest BCUT2D eigenvalue weighted by Gasteiger charge is 2.29. The van der Waals surface area contributed by atoms with Crippen LogP contribution in [0.4, 0.5) is 4.39 Å². The number of halogens is 1. The normalized spacial score (nSPS) is 15.0. The van der Waals surface area contributed by atoms with Crippen LogP contribution in [0.5, 0.6) is 5.75 Å². The molecule has 0 saturated carbocycles. The van der Waals surface area contributed by atoms with E-state index in [1.807, 2.05) is 12.1 Å². The molecule has 0 aliphatic carbocycles. The average molecular weight is 293 g/mol. The van der Waals surface area contributed by atoms with Gasteiger partial charge >= 0.3 is 0 Å². The maximum absolute atomic E-state index is 13.7. The molecule has 0 radical (unpaired) electrons. The van der Waals surface area contributed by atoms with E-state index >= 15 is 0 Å². The number of hydrogen-bond donors (Lipinski definition) is 0. The van der Waals surface area contributed by atoms with E-state index in [-0.39, 0.29) is 12.5 Å². The van der Waals surface area contributed by atoms with Gasteiger partial charge in [0.15, 0.2) is 0 Å². The fraction of sp³-hybridized carbons (Fsp3) is 0.588. The molecule has 1 heterocycles.